The number of hydrogen-bond acceptors (Lipinski definition) is 4. The van der Waals surface area contributed by atoms with Crippen LogP contribution in [-0.2, 0) is 4.79 Å². The number of ketones is 1. The maximum absolute atomic E-state index is 12.9. The number of hydrogen-bond donors (Lipinski definition) is 1. The van der Waals surface area contributed by atoms with Crippen molar-refractivity contribution in [2.24, 2.45) is 11.0 Å². The molecule has 134 valence electrons. The van der Waals surface area contributed by atoms with Crippen molar-refractivity contribution in [1.29, 1.82) is 0 Å². The van der Waals surface area contributed by atoms with Crippen LogP contribution in [0.15, 0.2) is 72.0 Å². The minimum atomic E-state index is -0.194. The quantitative estimate of drug-likeness (QED) is 0.418. The maximum atomic E-state index is 12.9. The van der Waals surface area contributed by atoms with E-state index in [-0.39, 0.29) is 23.3 Å². The monoisotopic (exact) mass is 358 g/mol. The molecule has 1 fully saturated rings. The third-order valence-corrected chi connectivity index (χ3v) is 4.34. The number of rotatable bonds is 6. The lowest BCUT2D eigenvalue weighted by molar-refractivity contribution is -0.122. The summed E-state index contributed by atoms with van der Waals surface area (Å²) in [5.41, 5.74) is 4.75. The summed E-state index contributed by atoms with van der Waals surface area (Å²) in [6.07, 6.45) is 5.03. The van der Waals surface area contributed by atoms with Crippen LogP contribution in [0, 0.1) is 5.92 Å². The number of aromatic nitrogens is 2. The van der Waals surface area contributed by atoms with Crippen LogP contribution in [-0.4, -0.2) is 27.7 Å². The summed E-state index contributed by atoms with van der Waals surface area (Å²) in [5, 5.41) is 8.48. The van der Waals surface area contributed by atoms with Crippen LogP contribution in [0.2, 0.25) is 0 Å². The van der Waals surface area contributed by atoms with Gasteiger partial charge in [-0.1, -0.05) is 48.5 Å². The van der Waals surface area contributed by atoms with Gasteiger partial charge in [-0.05, 0) is 25.0 Å². The van der Waals surface area contributed by atoms with E-state index in [2.05, 4.69) is 15.6 Å². The van der Waals surface area contributed by atoms with E-state index in [1.165, 1.54) is 6.21 Å². The number of nitrogens with zero attached hydrogens (tertiary/aromatic N) is 3. The molecule has 0 radical (unpaired) electrons. The molecule has 0 bridgehead atoms. The minimum Gasteiger partial charge on any atom is -0.287 e. The van der Waals surface area contributed by atoms with Crippen molar-refractivity contribution in [2.45, 2.75) is 12.8 Å². The van der Waals surface area contributed by atoms with Gasteiger partial charge in [0.25, 0.3) is 0 Å². The molecule has 1 heterocycles. The summed E-state index contributed by atoms with van der Waals surface area (Å²) in [6.45, 7) is 0. The highest BCUT2D eigenvalue weighted by Crippen LogP contribution is 2.28. The SMILES string of the molecule is O=C(c1ccccc1)c1nn(-c2ccccc2)cc1/C=N/NC(=O)C1CC1. The van der Waals surface area contributed by atoms with Crippen molar-refractivity contribution in [2.75, 3.05) is 0 Å². The fourth-order valence-electron chi connectivity index (χ4n) is 2.70. The topological polar surface area (TPSA) is 76.3 Å². The molecule has 0 spiro atoms. The second-order valence-corrected chi connectivity index (χ2v) is 6.42. The van der Waals surface area contributed by atoms with Crippen molar-refractivity contribution in [3.8, 4) is 5.69 Å². The van der Waals surface area contributed by atoms with Crippen molar-refractivity contribution < 1.29 is 9.59 Å². The zero-order valence-electron chi connectivity index (χ0n) is 14.6. The van der Waals surface area contributed by atoms with Crippen LogP contribution in [0.3, 0.4) is 0 Å². The second-order valence-electron chi connectivity index (χ2n) is 6.42. The van der Waals surface area contributed by atoms with Crippen LogP contribution in [0.5, 0.6) is 0 Å². The van der Waals surface area contributed by atoms with Gasteiger partial charge >= 0.3 is 0 Å². The highest BCUT2D eigenvalue weighted by Gasteiger charge is 2.29. The number of carbonyl (C=O) groups excluding carboxylic acids is 2. The normalized spacial score (nSPS) is 13.6. The standard InChI is InChI=1S/C21H18N4O2/c26-20(15-7-3-1-4-8-15)19-17(13-22-23-21(27)16-11-12-16)14-25(24-19)18-9-5-2-6-10-18/h1-10,13-14,16H,11-12H2,(H,23,27)/b22-13+. The highest BCUT2D eigenvalue weighted by molar-refractivity contribution is 6.11. The van der Waals surface area contributed by atoms with Crippen molar-refractivity contribution >= 4 is 17.9 Å². The first-order chi connectivity index (χ1) is 13.2. The Kier molecular flexibility index (Phi) is 4.61. The molecule has 2 aromatic carbocycles. The summed E-state index contributed by atoms with van der Waals surface area (Å²) < 4.78 is 1.64. The van der Waals surface area contributed by atoms with E-state index in [1.807, 2.05) is 48.5 Å². The van der Waals surface area contributed by atoms with Crippen LogP contribution in [0.25, 0.3) is 5.69 Å². The molecule has 0 unspecified atom stereocenters. The average molecular weight is 358 g/mol. The average Bonchev–Trinajstić information content (AvgIpc) is 3.49. The Morgan fingerprint density at radius 3 is 2.37 bits per heavy atom. The lowest BCUT2D eigenvalue weighted by atomic mass is 10.1. The van der Waals surface area contributed by atoms with Crippen LogP contribution < -0.4 is 5.43 Å². The molecule has 1 aliphatic carbocycles. The van der Waals surface area contributed by atoms with E-state index in [0.717, 1.165) is 18.5 Å². The molecule has 0 aliphatic heterocycles. The van der Waals surface area contributed by atoms with Gasteiger partial charge in [0.05, 0.1) is 11.9 Å². The van der Waals surface area contributed by atoms with Gasteiger partial charge in [-0.2, -0.15) is 10.2 Å². The zero-order chi connectivity index (χ0) is 18.6. The summed E-state index contributed by atoms with van der Waals surface area (Å²) in [5.74, 6) is -0.211. The first kappa shape index (κ1) is 16.9. The Bertz CT molecular complexity index is 990. The van der Waals surface area contributed by atoms with Crippen LogP contribution >= 0.6 is 0 Å². The van der Waals surface area contributed by atoms with Crippen molar-refractivity contribution in [3.05, 3.63) is 83.7 Å². The Morgan fingerprint density at radius 1 is 1.04 bits per heavy atom. The lowest BCUT2D eigenvalue weighted by Gasteiger charge is -2.00. The van der Waals surface area contributed by atoms with Crippen molar-refractivity contribution in [1.82, 2.24) is 15.2 Å². The number of para-hydroxylation sites is 1. The summed E-state index contributed by atoms with van der Waals surface area (Å²) in [7, 11) is 0. The molecule has 1 N–H and O–H groups in total. The van der Waals surface area contributed by atoms with E-state index in [4.69, 9.17) is 0 Å². The predicted molar refractivity (Wildman–Crippen MR) is 102 cm³/mol. The molecular weight excluding hydrogens is 340 g/mol. The van der Waals surface area contributed by atoms with Crippen molar-refractivity contribution in [3.63, 3.8) is 0 Å². The molecule has 0 saturated heterocycles. The molecule has 3 aromatic rings. The van der Waals surface area contributed by atoms with E-state index < -0.39 is 0 Å². The largest absolute Gasteiger partial charge is 0.287 e. The van der Waals surface area contributed by atoms with E-state index in [0.29, 0.717) is 11.1 Å². The molecule has 0 atom stereocenters. The van der Waals surface area contributed by atoms with Gasteiger partial charge in [0.1, 0.15) is 5.69 Å². The molecule has 6 nitrogen and oxygen atoms in total. The number of benzene rings is 2. The van der Waals surface area contributed by atoms with Gasteiger partial charge in [-0.15, -0.1) is 0 Å². The summed E-state index contributed by atoms with van der Waals surface area (Å²) in [6, 6.07) is 18.5. The highest BCUT2D eigenvalue weighted by atomic mass is 16.2. The molecule has 1 amide bonds. The third kappa shape index (κ3) is 3.84. The van der Waals surface area contributed by atoms with Gasteiger partial charge in [0.15, 0.2) is 0 Å². The second kappa shape index (κ2) is 7.37. The molecule has 1 aliphatic rings. The Balaban J connectivity index is 1.66. The van der Waals surface area contributed by atoms with E-state index >= 15 is 0 Å². The molecule has 1 aromatic heterocycles. The molecule has 6 heteroatoms. The number of carbonyl (C=O) groups is 2. The van der Waals surface area contributed by atoms with Gasteiger partial charge in [-0.25, -0.2) is 10.1 Å². The predicted octanol–water partition coefficient (Wildman–Crippen LogP) is 2.96. The first-order valence-corrected chi connectivity index (χ1v) is 8.80. The lowest BCUT2D eigenvalue weighted by Crippen LogP contribution is -2.19. The van der Waals surface area contributed by atoms with E-state index in [9.17, 15) is 9.59 Å². The smallest absolute Gasteiger partial charge is 0.243 e. The number of hydrazone groups is 1. The fraction of sp³-hybridized carbons (Fsp3) is 0.143. The van der Waals surface area contributed by atoms with Crippen LogP contribution in [0.4, 0.5) is 0 Å². The number of amides is 1. The minimum absolute atomic E-state index is 0.0691. The van der Waals surface area contributed by atoms with Gasteiger partial charge < -0.3 is 0 Å². The molecule has 4 rings (SSSR count). The summed E-state index contributed by atoms with van der Waals surface area (Å²) in [4.78, 5) is 24.7. The van der Waals surface area contributed by atoms with Gasteiger partial charge in [0, 0.05) is 23.2 Å². The first-order valence-electron chi connectivity index (χ1n) is 8.80. The summed E-state index contributed by atoms with van der Waals surface area (Å²) >= 11 is 0. The van der Waals surface area contributed by atoms with E-state index in [1.54, 1.807) is 23.0 Å². The Labute approximate surface area is 156 Å². The third-order valence-electron chi connectivity index (χ3n) is 4.34. The zero-order valence-corrected chi connectivity index (χ0v) is 14.6. The fourth-order valence-corrected chi connectivity index (χ4v) is 2.70. The Morgan fingerprint density at radius 2 is 1.70 bits per heavy atom. The number of nitrogens with one attached hydrogen (secondary N) is 1. The Hall–Kier alpha value is -3.54. The molecule has 1 saturated carbocycles. The van der Waals surface area contributed by atoms with Crippen LogP contribution in [0.1, 0.15) is 34.5 Å². The maximum Gasteiger partial charge on any atom is 0.243 e. The molecular formula is C21H18N4O2. The molecule has 27 heavy (non-hydrogen) atoms. The van der Waals surface area contributed by atoms with Gasteiger partial charge in [0.2, 0.25) is 11.7 Å². The van der Waals surface area contributed by atoms with Gasteiger partial charge in [-0.3, -0.25) is 9.59 Å².